The molecule has 0 aliphatic heterocycles. The highest BCUT2D eigenvalue weighted by molar-refractivity contribution is 5.42. The van der Waals surface area contributed by atoms with Crippen LogP contribution in [-0.2, 0) is 6.42 Å². The summed E-state index contributed by atoms with van der Waals surface area (Å²) in [6.07, 6.45) is 0.889. The van der Waals surface area contributed by atoms with E-state index in [2.05, 4.69) is 12.2 Å². The van der Waals surface area contributed by atoms with E-state index in [1.165, 1.54) is 5.56 Å². The summed E-state index contributed by atoms with van der Waals surface area (Å²) >= 11 is 0. The van der Waals surface area contributed by atoms with Gasteiger partial charge in [-0.1, -0.05) is 18.2 Å². The van der Waals surface area contributed by atoms with Crippen molar-refractivity contribution in [2.75, 3.05) is 13.7 Å². The average Bonchev–Trinajstić information content (AvgIpc) is 2.49. The van der Waals surface area contributed by atoms with E-state index in [0.717, 1.165) is 18.5 Å². The Hall–Kier alpha value is -2.20. The first-order valence-electron chi connectivity index (χ1n) is 6.98. The molecule has 0 heterocycles. The van der Waals surface area contributed by atoms with Crippen LogP contribution in [0.5, 0.6) is 17.2 Å². The summed E-state index contributed by atoms with van der Waals surface area (Å²) in [6.45, 7) is 2.90. The van der Waals surface area contributed by atoms with Crippen LogP contribution in [0, 0.1) is 0 Å². The van der Waals surface area contributed by atoms with Crippen molar-refractivity contribution >= 4 is 0 Å². The van der Waals surface area contributed by atoms with Gasteiger partial charge in [-0.25, -0.2) is 0 Å². The van der Waals surface area contributed by atoms with Crippen LogP contribution in [-0.4, -0.2) is 23.9 Å². The average molecular weight is 287 g/mol. The lowest BCUT2D eigenvalue weighted by Gasteiger charge is -2.15. The Morgan fingerprint density at radius 2 is 1.81 bits per heavy atom. The Kier molecular flexibility index (Phi) is 5.06. The van der Waals surface area contributed by atoms with Crippen LogP contribution >= 0.6 is 0 Å². The van der Waals surface area contributed by atoms with Gasteiger partial charge in [0.15, 0.2) is 11.5 Å². The summed E-state index contributed by atoms with van der Waals surface area (Å²) < 4.78 is 5.12. The molecule has 112 valence electrons. The highest BCUT2D eigenvalue weighted by Crippen LogP contribution is 2.28. The number of hydrogen-bond donors (Lipinski definition) is 3. The zero-order valence-corrected chi connectivity index (χ0v) is 12.3. The molecule has 0 radical (unpaired) electrons. The number of methoxy groups -OCH3 is 1. The van der Waals surface area contributed by atoms with E-state index >= 15 is 0 Å². The Labute approximate surface area is 125 Å². The van der Waals surface area contributed by atoms with Gasteiger partial charge in [0.2, 0.25) is 0 Å². The number of ether oxygens (including phenoxy) is 1. The van der Waals surface area contributed by atoms with Crippen molar-refractivity contribution in [3.63, 3.8) is 0 Å². The van der Waals surface area contributed by atoms with Gasteiger partial charge in [-0.05, 0) is 55.3 Å². The minimum absolute atomic E-state index is 0.151. The fourth-order valence-electron chi connectivity index (χ4n) is 2.18. The molecule has 0 aromatic heterocycles. The van der Waals surface area contributed by atoms with Crippen molar-refractivity contribution in [1.29, 1.82) is 0 Å². The maximum atomic E-state index is 9.60. The molecule has 3 N–H and O–H groups in total. The van der Waals surface area contributed by atoms with Gasteiger partial charge < -0.3 is 20.3 Å². The van der Waals surface area contributed by atoms with Crippen molar-refractivity contribution < 1.29 is 14.9 Å². The number of nitrogens with one attached hydrogen (secondary N) is 1. The van der Waals surface area contributed by atoms with E-state index in [9.17, 15) is 10.2 Å². The second-order valence-electron chi connectivity index (χ2n) is 5.02. The monoisotopic (exact) mass is 287 g/mol. The minimum atomic E-state index is 0.151. The lowest BCUT2D eigenvalue weighted by Crippen LogP contribution is -2.21. The molecule has 21 heavy (non-hydrogen) atoms. The van der Waals surface area contributed by atoms with Crippen LogP contribution in [0.2, 0.25) is 0 Å². The van der Waals surface area contributed by atoms with Crippen molar-refractivity contribution in [2.24, 2.45) is 0 Å². The van der Waals surface area contributed by atoms with E-state index < -0.39 is 0 Å². The molecule has 0 spiro atoms. The fourth-order valence-corrected chi connectivity index (χ4v) is 2.18. The zero-order valence-electron chi connectivity index (χ0n) is 12.3. The molecule has 0 fully saturated rings. The van der Waals surface area contributed by atoms with E-state index in [1.807, 2.05) is 24.3 Å². The Morgan fingerprint density at radius 3 is 2.48 bits per heavy atom. The number of phenolic OH excluding ortho intramolecular Hbond substituents is 2. The van der Waals surface area contributed by atoms with Crippen molar-refractivity contribution in [1.82, 2.24) is 5.32 Å². The van der Waals surface area contributed by atoms with Gasteiger partial charge in [-0.15, -0.1) is 0 Å². The molecule has 0 saturated heterocycles. The fraction of sp³-hybridized carbons (Fsp3) is 0.294. The van der Waals surface area contributed by atoms with E-state index in [1.54, 1.807) is 25.3 Å². The van der Waals surface area contributed by atoms with Crippen molar-refractivity contribution in [3.05, 3.63) is 53.6 Å². The normalized spacial score (nSPS) is 12.1. The lowest BCUT2D eigenvalue weighted by atomic mass is 10.1. The van der Waals surface area contributed by atoms with Gasteiger partial charge in [0.05, 0.1) is 7.11 Å². The van der Waals surface area contributed by atoms with E-state index in [0.29, 0.717) is 5.75 Å². The van der Waals surface area contributed by atoms with E-state index in [-0.39, 0.29) is 17.5 Å². The Balaban J connectivity index is 1.89. The van der Waals surface area contributed by atoms with Gasteiger partial charge in [0, 0.05) is 6.04 Å². The molecule has 2 aromatic rings. The predicted molar refractivity (Wildman–Crippen MR) is 82.9 cm³/mol. The topological polar surface area (TPSA) is 61.7 Å². The summed E-state index contributed by atoms with van der Waals surface area (Å²) in [5.41, 5.74) is 2.24. The summed E-state index contributed by atoms with van der Waals surface area (Å²) in [4.78, 5) is 0. The van der Waals surface area contributed by atoms with Crippen LogP contribution in [0.4, 0.5) is 0 Å². The number of phenols is 2. The maximum absolute atomic E-state index is 9.60. The molecule has 4 nitrogen and oxygen atoms in total. The van der Waals surface area contributed by atoms with Crippen LogP contribution in [0.15, 0.2) is 42.5 Å². The molecule has 0 aliphatic carbocycles. The number of aromatic hydroxyl groups is 2. The van der Waals surface area contributed by atoms with Gasteiger partial charge in [0.25, 0.3) is 0 Å². The van der Waals surface area contributed by atoms with Crippen LogP contribution in [0.25, 0.3) is 0 Å². The van der Waals surface area contributed by atoms with E-state index in [4.69, 9.17) is 4.74 Å². The molecule has 4 heteroatoms. The van der Waals surface area contributed by atoms with Crippen LogP contribution in [0.3, 0.4) is 0 Å². The van der Waals surface area contributed by atoms with Gasteiger partial charge >= 0.3 is 0 Å². The maximum Gasteiger partial charge on any atom is 0.160 e. The second-order valence-corrected chi connectivity index (χ2v) is 5.02. The molecule has 1 unspecified atom stereocenters. The third-order valence-corrected chi connectivity index (χ3v) is 3.50. The third kappa shape index (κ3) is 4.13. The first-order valence-corrected chi connectivity index (χ1v) is 6.98. The summed E-state index contributed by atoms with van der Waals surface area (Å²) in [7, 11) is 1.54. The molecule has 1 atom stereocenters. The standard InChI is InChI=1S/C17H21NO3/c1-12(14-5-8-16(20)17(11-14)21-2)18-10-9-13-3-6-15(19)7-4-13/h3-8,11-12,18-20H,9-10H2,1-2H3. The first-order chi connectivity index (χ1) is 10.1. The molecule has 0 bridgehead atoms. The molecule has 0 amide bonds. The molecule has 0 aliphatic rings. The van der Waals surface area contributed by atoms with Crippen molar-refractivity contribution in [3.8, 4) is 17.2 Å². The molecule has 2 aromatic carbocycles. The number of hydrogen-bond acceptors (Lipinski definition) is 4. The van der Waals surface area contributed by atoms with Crippen LogP contribution in [0.1, 0.15) is 24.1 Å². The SMILES string of the molecule is COc1cc(C(C)NCCc2ccc(O)cc2)ccc1O. The molecular formula is C17H21NO3. The smallest absolute Gasteiger partial charge is 0.160 e. The summed E-state index contributed by atoms with van der Waals surface area (Å²) in [6, 6.07) is 12.8. The molecular weight excluding hydrogens is 266 g/mol. The zero-order chi connectivity index (χ0) is 15.2. The Bertz CT molecular complexity index is 581. The number of benzene rings is 2. The Morgan fingerprint density at radius 1 is 1.10 bits per heavy atom. The highest BCUT2D eigenvalue weighted by atomic mass is 16.5. The second kappa shape index (κ2) is 6.99. The lowest BCUT2D eigenvalue weighted by molar-refractivity contribution is 0.372. The molecule has 0 saturated carbocycles. The largest absolute Gasteiger partial charge is 0.508 e. The van der Waals surface area contributed by atoms with Gasteiger partial charge in [0.1, 0.15) is 5.75 Å². The van der Waals surface area contributed by atoms with Gasteiger partial charge in [-0.3, -0.25) is 0 Å². The quantitative estimate of drug-likeness (QED) is 0.764. The third-order valence-electron chi connectivity index (χ3n) is 3.50. The summed E-state index contributed by atoms with van der Waals surface area (Å²) in [5.74, 6) is 0.925. The summed E-state index contributed by atoms with van der Waals surface area (Å²) in [5, 5.41) is 22.3. The van der Waals surface area contributed by atoms with Crippen molar-refractivity contribution in [2.45, 2.75) is 19.4 Å². The van der Waals surface area contributed by atoms with Crippen LogP contribution < -0.4 is 10.1 Å². The minimum Gasteiger partial charge on any atom is -0.508 e. The highest BCUT2D eigenvalue weighted by Gasteiger charge is 2.08. The predicted octanol–water partition coefficient (Wildman–Crippen LogP) is 3.00. The van der Waals surface area contributed by atoms with Gasteiger partial charge in [-0.2, -0.15) is 0 Å². The molecule has 2 rings (SSSR count). The number of rotatable bonds is 6. The first kappa shape index (κ1) is 15.2.